The normalized spacial score (nSPS) is 24.9. The van der Waals surface area contributed by atoms with E-state index in [1.165, 1.54) is 10.9 Å². The van der Waals surface area contributed by atoms with Gasteiger partial charge in [0.25, 0.3) is 0 Å². The number of likely N-dealkylation sites (tertiary alicyclic amines) is 1. The lowest BCUT2D eigenvalue weighted by atomic mass is 10.0. The van der Waals surface area contributed by atoms with Crippen molar-refractivity contribution in [1.29, 1.82) is 0 Å². The molecular weight excluding hydrogens is 314 g/mol. The number of hydrogen-bond acceptors (Lipinski definition) is 3. The Kier molecular flexibility index (Phi) is 4.77. The molecule has 0 spiro atoms. The number of rotatable bonds is 4. The smallest absolute Gasteiger partial charge is 0.222 e. The summed E-state index contributed by atoms with van der Waals surface area (Å²) in [5.74, 6) is 0.822. The summed E-state index contributed by atoms with van der Waals surface area (Å²) in [7, 11) is 0. The molecule has 25 heavy (non-hydrogen) atoms. The molecule has 1 aromatic heterocycles. The molecule has 2 fully saturated rings. The van der Waals surface area contributed by atoms with Crippen molar-refractivity contribution in [2.45, 2.75) is 25.8 Å². The Morgan fingerprint density at radius 3 is 2.88 bits per heavy atom. The quantitative estimate of drug-likeness (QED) is 0.928. The number of para-hydroxylation sites is 1. The van der Waals surface area contributed by atoms with Gasteiger partial charge in [-0.1, -0.05) is 25.1 Å². The topological polar surface area (TPSA) is 48.6 Å². The zero-order valence-corrected chi connectivity index (χ0v) is 14.9. The SMILES string of the molecule is C[C@H]1CN(C(=O)CCc2c[nH]c3ccccc23)C[C@H]1N1CCOCC1. The molecule has 2 saturated heterocycles. The number of carbonyl (C=O) groups is 1. The second-order valence-corrected chi connectivity index (χ2v) is 7.35. The van der Waals surface area contributed by atoms with Crippen LogP contribution >= 0.6 is 0 Å². The number of aromatic amines is 1. The molecule has 3 heterocycles. The minimum atomic E-state index is 0.285. The second-order valence-electron chi connectivity index (χ2n) is 7.35. The van der Waals surface area contributed by atoms with Gasteiger partial charge in [0.2, 0.25) is 5.91 Å². The number of fused-ring (bicyclic) bond motifs is 1. The number of H-pyrrole nitrogens is 1. The van der Waals surface area contributed by atoms with Gasteiger partial charge in [-0.3, -0.25) is 9.69 Å². The summed E-state index contributed by atoms with van der Waals surface area (Å²) in [6, 6.07) is 8.77. The highest BCUT2D eigenvalue weighted by atomic mass is 16.5. The summed E-state index contributed by atoms with van der Waals surface area (Å²) >= 11 is 0. The fraction of sp³-hybridized carbons (Fsp3) is 0.550. The Labute approximate surface area is 148 Å². The van der Waals surface area contributed by atoms with Crippen molar-refractivity contribution in [3.05, 3.63) is 36.0 Å². The van der Waals surface area contributed by atoms with E-state index in [4.69, 9.17) is 4.74 Å². The van der Waals surface area contributed by atoms with Gasteiger partial charge in [0.1, 0.15) is 0 Å². The molecule has 5 nitrogen and oxygen atoms in total. The molecule has 1 N–H and O–H groups in total. The van der Waals surface area contributed by atoms with Gasteiger partial charge in [0.05, 0.1) is 13.2 Å². The number of aryl methyl sites for hydroxylation is 1. The van der Waals surface area contributed by atoms with E-state index in [-0.39, 0.29) is 5.91 Å². The molecule has 0 saturated carbocycles. The van der Waals surface area contributed by atoms with E-state index in [9.17, 15) is 4.79 Å². The molecule has 1 aromatic carbocycles. The van der Waals surface area contributed by atoms with Crippen LogP contribution in [-0.2, 0) is 16.0 Å². The minimum Gasteiger partial charge on any atom is -0.379 e. The maximum absolute atomic E-state index is 12.7. The predicted molar refractivity (Wildman–Crippen MR) is 98.5 cm³/mol. The van der Waals surface area contributed by atoms with Crippen LogP contribution in [0, 0.1) is 5.92 Å². The van der Waals surface area contributed by atoms with E-state index >= 15 is 0 Å². The van der Waals surface area contributed by atoms with Gasteiger partial charge < -0.3 is 14.6 Å². The summed E-state index contributed by atoms with van der Waals surface area (Å²) in [5, 5.41) is 1.23. The third kappa shape index (κ3) is 3.44. The fourth-order valence-corrected chi connectivity index (χ4v) is 4.28. The summed E-state index contributed by atoms with van der Waals surface area (Å²) in [6.45, 7) is 7.64. The third-order valence-corrected chi connectivity index (χ3v) is 5.72. The van der Waals surface area contributed by atoms with Gasteiger partial charge in [-0.2, -0.15) is 0 Å². The van der Waals surface area contributed by atoms with Gasteiger partial charge in [-0.25, -0.2) is 0 Å². The van der Waals surface area contributed by atoms with E-state index in [2.05, 4.69) is 39.9 Å². The predicted octanol–water partition coefficient (Wildman–Crippen LogP) is 2.28. The molecular formula is C20H27N3O2. The zero-order valence-electron chi connectivity index (χ0n) is 14.9. The first-order valence-corrected chi connectivity index (χ1v) is 9.37. The molecule has 0 aliphatic carbocycles. The monoisotopic (exact) mass is 341 g/mol. The Balaban J connectivity index is 1.35. The molecule has 0 radical (unpaired) electrons. The number of benzene rings is 1. The number of morpholine rings is 1. The summed E-state index contributed by atoms with van der Waals surface area (Å²) < 4.78 is 5.46. The number of hydrogen-bond donors (Lipinski definition) is 1. The van der Waals surface area contributed by atoms with E-state index in [0.717, 1.165) is 51.3 Å². The summed E-state index contributed by atoms with van der Waals surface area (Å²) in [4.78, 5) is 20.6. The van der Waals surface area contributed by atoms with Crippen LogP contribution in [0.25, 0.3) is 10.9 Å². The van der Waals surface area contributed by atoms with Crippen molar-refractivity contribution < 1.29 is 9.53 Å². The van der Waals surface area contributed by atoms with Gasteiger partial charge >= 0.3 is 0 Å². The van der Waals surface area contributed by atoms with E-state index in [1.807, 2.05) is 12.3 Å². The fourth-order valence-electron chi connectivity index (χ4n) is 4.28. The zero-order chi connectivity index (χ0) is 17.2. The van der Waals surface area contributed by atoms with Crippen LogP contribution in [0.1, 0.15) is 18.9 Å². The second kappa shape index (κ2) is 7.18. The van der Waals surface area contributed by atoms with Crippen LogP contribution in [0.4, 0.5) is 0 Å². The van der Waals surface area contributed by atoms with E-state index < -0.39 is 0 Å². The van der Waals surface area contributed by atoms with Crippen molar-refractivity contribution in [1.82, 2.24) is 14.8 Å². The number of ether oxygens (including phenoxy) is 1. The van der Waals surface area contributed by atoms with Crippen molar-refractivity contribution in [2.75, 3.05) is 39.4 Å². The standard InChI is InChI=1S/C20H27N3O2/c1-15-13-23(14-19(15)22-8-10-25-11-9-22)20(24)7-6-16-12-21-18-5-3-2-4-17(16)18/h2-5,12,15,19,21H,6-11,13-14H2,1H3/t15-,19+/m0/s1. The average Bonchev–Trinajstić information content (AvgIpc) is 3.24. The highest BCUT2D eigenvalue weighted by Crippen LogP contribution is 2.24. The first kappa shape index (κ1) is 16.6. The van der Waals surface area contributed by atoms with Crippen LogP contribution in [0.2, 0.25) is 0 Å². The van der Waals surface area contributed by atoms with Crippen molar-refractivity contribution in [2.24, 2.45) is 5.92 Å². The first-order valence-electron chi connectivity index (χ1n) is 9.37. The lowest BCUT2D eigenvalue weighted by Gasteiger charge is -2.34. The van der Waals surface area contributed by atoms with Gasteiger partial charge in [-0.15, -0.1) is 0 Å². The van der Waals surface area contributed by atoms with E-state index in [0.29, 0.717) is 18.4 Å². The molecule has 134 valence electrons. The van der Waals surface area contributed by atoms with Gasteiger partial charge in [-0.05, 0) is 24.0 Å². The molecule has 0 bridgehead atoms. The molecule has 2 aliphatic rings. The molecule has 2 atom stereocenters. The van der Waals surface area contributed by atoms with Crippen LogP contribution in [0.5, 0.6) is 0 Å². The van der Waals surface area contributed by atoms with Gasteiger partial charge in [0.15, 0.2) is 0 Å². The van der Waals surface area contributed by atoms with Gasteiger partial charge in [0, 0.05) is 55.7 Å². The number of carbonyl (C=O) groups excluding carboxylic acids is 1. The number of nitrogens with one attached hydrogen (secondary N) is 1. The molecule has 5 heteroatoms. The Bertz CT molecular complexity index is 735. The third-order valence-electron chi connectivity index (χ3n) is 5.72. The molecule has 2 aromatic rings. The van der Waals surface area contributed by atoms with Crippen LogP contribution in [0.3, 0.4) is 0 Å². The average molecular weight is 341 g/mol. The molecule has 1 amide bonds. The van der Waals surface area contributed by atoms with Crippen LogP contribution in [-0.4, -0.2) is 66.1 Å². The molecule has 4 rings (SSSR count). The highest BCUT2D eigenvalue weighted by molar-refractivity contribution is 5.84. The number of nitrogens with zero attached hydrogens (tertiary/aromatic N) is 2. The summed E-state index contributed by atoms with van der Waals surface area (Å²) in [6.07, 6.45) is 3.43. The number of amides is 1. The first-order chi connectivity index (χ1) is 12.2. The van der Waals surface area contributed by atoms with E-state index in [1.54, 1.807) is 0 Å². The Hall–Kier alpha value is -1.85. The van der Waals surface area contributed by atoms with Crippen molar-refractivity contribution in [3.8, 4) is 0 Å². The lowest BCUT2D eigenvalue weighted by molar-refractivity contribution is -0.130. The largest absolute Gasteiger partial charge is 0.379 e. The maximum Gasteiger partial charge on any atom is 0.222 e. The lowest BCUT2D eigenvalue weighted by Crippen LogP contribution is -2.47. The Morgan fingerprint density at radius 1 is 1.24 bits per heavy atom. The minimum absolute atomic E-state index is 0.285. The highest BCUT2D eigenvalue weighted by Gasteiger charge is 2.36. The van der Waals surface area contributed by atoms with Crippen LogP contribution in [0.15, 0.2) is 30.5 Å². The Morgan fingerprint density at radius 2 is 2.04 bits per heavy atom. The molecule has 2 aliphatic heterocycles. The van der Waals surface area contributed by atoms with Crippen molar-refractivity contribution >= 4 is 16.8 Å². The van der Waals surface area contributed by atoms with Crippen molar-refractivity contribution in [3.63, 3.8) is 0 Å². The molecule has 0 unspecified atom stereocenters. The number of aromatic nitrogens is 1. The maximum atomic E-state index is 12.7. The summed E-state index contributed by atoms with van der Waals surface area (Å²) in [5.41, 5.74) is 2.38. The van der Waals surface area contributed by atoms with Crippen LogP contribution < -0.4 is 0 Å².